The maximum atomic E-state index is 12.2. The van der Waals surface area contributed by atoms with Gasteiger partial charge in [0.25, 0.3) is 5.91 Å². The molecule has 0 spiro atoms. The van der Waals surface area contributed by atoms with Crippen molar-refractivity contribution in [1.29, 1.82) is 0 Å². The van der Waals surface area contributed by atoms with E-state index in [1.807, 2.05) is 6.92 Å². The number of nitrogens with one attached hydrogen (secondary N) is 2. The van der Waals surface area contributed by atoms with Gasteiger partial charge < -0.3 is 15.4 Å². The van der Waals surface area contributed by atoms with Gasteiger partial charge in [0, 0.05) is 12.3 Å². The van der Waals surface area contributed by atoms with Crippen LogP contribution in [-0.4, -0.2) is 35.4 Å². The quantitative estimate of drug-likeness (QED) is 0.777. The van der Waals surface area contributed by atoms with Gasteiger partial charge in [-0.3, -0.25) is 9.59 Å². The van der Waals surface area contributed by atoms with E-state index >= 15 is 0 Å². The van der Waals surface area contributed by atoms with Gasteiger partial charge in [0.15, 0.2) is 5.13 Å². The lowest BCUT2D eigenvalue weighted by atomic mass is 9.96. The molecular formula is C13H19N3O4S. The van der Waals surface area contributed by atoms with Crippen molar-refractivity contribution < 1.29 is 19.1 Å². The molecule has 1 heterocycles. The van der Waals surface area contributed by atoms with Crippen LogP contribution in [0.15, 0.2) is 5.38 Å². The highest BCUT2D eigenvalue weighted by molar-refractivity contribution is 7.14. The summed E-state index contributed by atoms with van der Waals surface area (Å²) in [6, 6.07) is 0. The molecule has 1 aromatic rings. The Labute approximate surface area is 127 Å². The molecule has 0 aliphatic rings. The van der Waals surface area contributed by atoms with Crippen LogP contribution in [0.2, 0.25) is 0 Å². The van der Waals surface area contributed by atoms with E-state index in [0.29, 0.717) is 18.0 Å². The maximum absolute atomic E-state index is 12.2. The van der Waals surface area contributed by atoms with Gasteiger partial charge in [0.1, 0.15) is 11.2 Å². The van der Waals surface area contributed by atoms with Crippen molar-refractivity contribution in [3.05, 3.63) is 11.1 Å². The van der Waals surface area contributed by atoms with Crippen LogP contribution in [0.25, 0.3) is 0 Å². The molecule has 0 aliphatic heterocycles. The van der Waals surface area contributed by atoms with E-state index in [9.17, 15) is 14.4 Å². The molecule has 0 aliphatic carbocycles. The Hall–Kier alpha value is -1.96. The van der Waals surface area contributed by atoms with Crippen LogP contribution in [0, 0.1) is 0 Å². The number of aromatic nitrogens is 1. The first kappa shape index (κ1) is 17.1. The minimum Gasteiger partial charge on any atom is -0.467 e. The fraction of sp³-hybridized carbons (Fsp3) is 0.538. The number of carbonyl (C=O) groups excluding carboxylic acids is 3. The fourth-order valence-corrected chi connectivity index (χ4v) is 2.58. The molecule has 21 heavy (non-hydrogen) atoms. The topological polar surface area (TPSA) is 97.4 Å². The smallest absolute Gasteiger partial charge is 0.331 e. The third kappa shape index (κ3) is 4.52. The van der Waals surface area contributed by atoms with E-state index < -0.39 is 17.4 Å². The van der Waals surface area contributed by atoms with E-state index in [0.717, 1.165) is 11.3 Å². The number of ether oxygens (including phenoxy) is 1. The van der Waals surface area contributed by atoms with Gasteiger partial charge in [-0.1, -0.05) is 13.3 Å². The fourth-order valence-electron chi connectivity index (χ4n) is 1.84. The summed E-state index contributed by atoms with van der Waals surface area (Å²) in [4.78, 5) is 38.9. The van der Waals surface area contributed by atoms with Crippen LogP contribution >= 0.6 is 11.3 Å². The number of nitrogens with zero attached hydrogens (tertiary/aromatic N) is 1. The average Bonchev–Trinajstić information content (AvgIpc) is 2.85. The summed E-state index contributed by atoms with van der Waals surface area (Å²) in [5, 5.41) is 7.00. The molecule has 1 rings (SSSR count). The molecule has 8 heteroatoms. The van der Waals surface area contributed by atoms with Crippen LogP contribution < -0.4 is 10.6 Å². The lowest BCUT2D eigenvalue weighted by molar-refractivity contribution is -0.147. The number of esters is 1. The number of rotatable bonds is 6. The molecule has 0 aromatic carbocycles. The summed E-state index contributed by atoms with van der Waals surface area (Å²) in [7, 11) is 1.28. The first-order valence-electron chi connectivity index (χ1n) is 6.46. The SMILES string of the molecule is CCCC(C)(NC(=O)c1csc(NC(C)=O)n1)C(=O)OC. The number of anilines is 1. The predicted octanol–water partition coefficient (Wildman–Crippen LogP) is 1.56. The molecule has 0 saturated carbocycles. The molecular weight excluding hydrogens is 294 g/mol. The van der Waals surface area contributed by atoms with Crippen molar-refractivity contribution >= 4 is 34.3 Å². The number of thiazole rings is 1. The van der Waals surface area contributed by atoms with Gasteiger partial charge in [-0.05, 0) is 13.3 Å². The first-order valence-corrected chi connectivity index (χ1v) is 7.34. The second-order valence-electron chi connectivity index (χ2n) is 4.75. The lowest BCUT2D eigenvalue weighted by Gasteiger charge is -2.27. The number of amides is 2. The largest absolute Gasteiger partial charge is 0.467 e. The Balaban J connectivity index is 2.84. The van der Waals surface area contributed by atoms with Crippen LogP contribution in [0.1, 0.15) is 44.1 Å². The molecule has 1 atom stereocenters. The third-order valence-electron chi connectivity index (χ3n) is 2.80. The van der Waals surface area contributed by atoms with E-state index in [-0.39, 0.29) is 11.6 Å². The second-order valence-corrected chi connectivity index (χ2v) is 5.61. The molecule has 0 fully saturated rings. The van der Waals surface area contributed by atoms with Gasteiger partial charge in [-0.15, -0.1) is 11.3 Å². The first-order chi connectivity index (χ1) is 9.82. The van der Waals surface area contributed by atoms with Crippen LogP contribution in [0.4, 0.5) is 5.13 Å². The van der Waals surface area contributed by atoms with Gasteiger partial charge in [0.05, 0.1) is 7.11 Å². The van der Waals surface area contributed by atoms with Crippen molar-refractivity contribution in [2.75, 3.05) is 12.4 Å². The van der Waals surface area contributed by atoms with Crippen molar-refractivity contribution in [2.45, 2.75) is 39.2 Å². The summed E-state index contributed by atoms with van der Waals surface area (Å²) in [6.45, 7) is 4.88. The van der Waals surface area contributed by atoms with Crippen LogP contribution in [-0.2, 0) is 14.3 Å². The van der Waals surface area contributed by atoms with Crippen molar-refractivity contribution in [1.82, 2.24) is 10.3 Å². The molecule has 0 saturated heterocycles. The zero-order valence-electron chi connectivity index (χ0n) is 12.5. The average molecular weight is 313 g/mol. The highest BCUT2D eigenvalue weighted by Crippen LogP contribution is 2.18. The highest BCUT2D eigenvalue weighted by atomic mass is 32.1. The van der Waals surface area contributed by atoms with E-state index in [1.165, 1.54) is 19.4 Å². The summed E-state index contributed by atoms with van der Waals surface area (Å²) in [6.07, 6.45) is 1.16. The molecule has 0 bridgehead atoms. The second kappa shape index (κ2) is 7.16. The van der Waals surface area contributed by atoms with E-state index in [2.05, 4.69) is 15.6 Å². The minimum atomic E-state index is -1.10. The monoisotopic (exact) mass is 313 g/mol. The Kier molecular flexibility index (Phi) is 5.83. The number of carbonyl (C=O) groups is 3. The van der Waals surface area contributed by atoms with E-state index in [1.54, 1.807) is 6.92 Å². The molecule has 1 aromatic heterocycles. The standard InChI is InChI=1S/C13H19N3O4S/c1-5-6-13(3,11(19)20-4)16-10(18)9-7-21-12(15-9)14-8(2)17/h7H,5-6H2,1-4H3,(H,16,18)(H,14,15,17). The van der Waals surface area contributed by atoms with Gasteiger partial charge >= 0.3 is 5.97 Å². The normalized spacial score (nSPS) is 13.1. The molecule has 1 unspecified atom stereocenters. The van der Waals surface area contributed by atoms with Crippen molar-refractivity contribution in [3.8, 4) is 0 Å². The van der Waals surface area contributed by atoms with Gasteiger partial charge in [0.2, 0.25) is 5.91 Å². The molecule has 116 valence electrons. The van der Waals surface area contributed by atoms with Crippen LogP contribution in [0.3, 0.4) is 0 Å². The van der Waals surface area contributed by atoms with Gasteiger partial charge in [-0.25, -0.2) is 9.78 Å². The van der Waals surface area contributed by atoms with Crippen molar-refractivity contribution in [3.63, 3.8) is 0 Å². The predicted molar refractivity (Wildman–Crippen MR) is 79.2 cm³/mol. The highest BCUT2D eigenvalue weighted by Gasteiger charge is 2.35. The number of hydrogen-bond acceptors (Lipinski definition) is 6. The van der Waals surface area contributed by atoms with Crippen molar-refractivity contribution in [2.24, 2.45) is 0 Å². The summed E-state index contributed by atoms with van der Waals surface area (Å²) >= 11 is 1.14. The number of methoxy groups -OCH3 is 1. The summed E-state index contributed by atoms with van der Waals surface area (Å²) < 4.78 is 4.73. The van der Waals surface area contributed by atoms with Crippen LogP contribution in [0.5, 0.6) is 0 Å². The Bertz CT molecular complexity index is 543. The summed E-state index contributed by atoms with van der Waals surface area (Å²) in [5.74, 6) is -1.25. The Morgan fingerprint density at radius 1 is 1.43 bits per heavy atom. The molecule has 2 N–H and O–H groups in total. The molecule has 7 nitrogen and oxygen atoms in total. The molecule has 2 amide bonds. The van der Waals surface area contributed by atoms with Gasteiger partial charge in [-0.2, -0.15) is 0 Å². The lowest BCUT2D eigenvalue weighted by Crippen LogP contribution is -2.52. The zero-order chi connectivity index (χ0) is 16.0. The number of hydrogen-bond donors (Lipinski definition) is 2. The minimum absolute atomic E-state index is 0.148. The Morgan fingerprint density at radius 3 is 2.62 bits per heavy atom. The Morgan fingerprint density at radius 2 is 2.10 bits per heavy atom. The maximum Gasteiger partial charge on any atom is 0.331 e. The summed E-state index contributed by atoms with van der Waals surface area (Å²) in [5.41, 5.74) is -0.951. The third-order valence-corrected chi connectivity index (χ3v) is 3.55. The van der Waals surface area contributed by atoms with E-state index in [4.69, 9.17) is 4.74 Å². The molecule has 0 radical (unpaired) electrons. The zero-order valence-corrected chi connectivity index (χ0v) is 13.3.